The number of halogens is 1. The zero-order valence-corrected chi connectivity index (χ0v) is 17.5. The Bertz CT molecular complexity index is 1040. The Morgan fingerprint density at radius 2 is 1.93 bits per heavy atom. The van der Waals surface area contributed by atoms with Crippen molar-refractivity contribution in [1.82, 2.24) is 5.06 Å². The van der Waals surface area contributed by atoms with E-state index >= 15 is 0 Å². The van der Waals surface area contributed by atoms with E-state index in [0.29, 0.717) is 53.0 Å². The van der Waals surface area contributed by atoms with Gasteiger partial charge in [-0.3, -0.25) is 9.79 Å². The fraction of sp³-hybridized carbons (Fsp3) is 0.273. The van der Waals surface area contributed by atoms with Crippen LogP contribution >= 0.6 is 15.9 Å². The van der Waals surface area contributed by atoms with Crippen LogP contribution in [0.15, 0.2) is 51.9 Å². The number of Topliss-reactive ketones (excluding diaryl/α,β-unsaturated/α-hetero) is 1. The summed E-state index contributed by atoms with van der Waals surface area (Å²) in [6.07, 6.45) is 2.61. The van der Waals surface area contributed by atoms with Crippen molar-refractivity contribution in [2.75, 3.05) is 13.1 Å². The number of aliphatic imine (C=N–C) groups is 1. The van der Waals surface area contributed by atoms with Crippen LogP contribution in [0, 0.1) is 17.2 Å². The van der Waals surface area contributed by atoms with Crippen LogP contribution in [0.5, 0.6) is 5.75 Å². The lowest BCUT2D eigenvalue weighted by Gasteiger charge is -2.31. The maximum atomic E-state index is 12.4. The van der Waals surface area contributed by atoms with Gasteiger partial charge in [0.05, 0.1) is 21.8 Å². The smallest absolute Gasteiger partial charge is 0.357 e. The lowest BCUT2D eigenvalue weighted by Crippen LogP contribution is -2.39. The molecule has 2 aliphatic heterocycles. The number of hydroxylamine groups is 2. The predicted molar refractivity (Wildman–Crippen MR) is 113 cm³/mol. The van der Waals surface area contributed by atoms with E-state index in [1.807, 2.05) is 12.1 Å². The molecular weight excluding hydrogens is 450 g/mol. The normalized spacial score (nSPS) is 19.1. The van der Waals surface area contributed by atoms with E-state index in [0.717, 1.165) is 0 Å². The van der Waals surface area contributed by atoms with E-state index in [4.69, 9.17) is 14.8 Å². The summed E-state index contributed by atoms with van der Waals surface area (Å²) in [5, 5.41) is 10.7. The average Bonchev–Trinajstić information content (AvgIpc) is 2.77. The molecule has 1 fully saturated rings. The molecule has 1 atom stereocenters. The number of ether oxygens (including phenoxy) is 1. The minimum atomic E-state index is -0.867. The molecule has 0 aromatic heterocycles. The monoisotopic (exact) mass is 467 g/mol. The average molecular weight is 468 g/mol. The van der Waals surface area contributed by atoms with Crippen molar-refractivity contribution in [3.63, 3.8) is 0 Å². The molecule has 0 N–H and O–H groups in total. The number of rotatable bonds is 4. The van der Waals surface area contributed by atoms with Gasteiger partial charge in [-0.15, -0.1) is 5.06 Å². The van der Waals surface area contributed by atoms with E-state index in [9.17, 15) is 9.59 Å². The van der Waals surface area contributed by atoms with Gasteiger partial charge >= 0.3 is 5.97 Å². The van der Waals surface area contributed by atoms with Gasteiger partial charge in [0.25, 0.3) is 0 Å². The van der Waals surface area contributed by atoms with Crippen molar-refractivity contribution < 1.29 is 19.2 Å². The minimum Gasteiger partial charge on any atom is -0.489 e. The molecule has 0 radical (unpaired) electrons. The van der Waals surface area contributed by atoms with Crippen LogP contribution in [0.1, 0.15) is 33.6 Å². The summed E-state index contributed by atoms with van der Waals surface area (Å²) in [6.45, 7) is 1.09. The third kappa shape index (κ3) is 4.27. The lowest BCUT2D eigenvalue weighted by atomic mass is 9.95. The van der Waals surface area contributed by atoms with Crippen LogP contribution in [0.4, 0.5) is 5.69 Å². The number of carbonyl (C=O) groups excluding carboxylic acids is 2. The topological polar surface area (TPSA) is 92.0 Å². The molecule has 7 nitrogen and oxygen atoms in total. The number of hydrogen-bond donors (Lipinski definition) is 0. The highest BCUT2D eigenvalue weighted by Gasteiger charge is 2.28. The zero-order valence-electron chi connectivity index (χ0n) is 16.0. The maximum absolute atomic E-state index is 12.4. The summed E-state index contributed by atoms with van der Waals surface area (Å²) in [6, 6.07) is 14.2. The Morgan fingerprint density at radius 3 is 2.63 bits per heavy atom. The number of benzene rings is 2. The van der Waals surface area contributed by atoms with Gasteiger partial charge in [-0.1, -0.05) is 18.2 Å². The van der Waals surface area contributed by atoms with Crippen molar-refractivity contribution in [2.45, 2.75) is 18.9 Å². The van der Waals surface area contributed by atoms with Crippen LogP contribution in [-0.4, -0.2) is 42.2 Å². The Labute approximate surface area is 182 Å². The van der Waals surface area contributed by atoms with E-state index in [1.54, 1.807) is 41.5 Å². The molecule has 0 saturated carbocycles. The van der Waals surface area contributed by atoms with Gasteiger partial charge in [0.15, 0.2) is 5.78 Å². The largest absolute Gasteiger partial charge is 0.489 e. The Morgan fingerprint density at radius 1 is 1.20 bits per heavy atom. The van der Waals surface area contributed by atoms with E-state index in [2.05, 4.69) is 20.9 Å². The Kier molecular flexibility index (Phi) is 5.93. The molecule has 2 aromatic rings. The van der Waals surface area contributed by atoms with Gasteiger partial charge in [0.1, 0.15) is 17.8 Å². The molecule has 4 rings (SSSR count). The highest BCUT2D eigenvalue weighted by molar-refractivity contribution is 9.10. The molecular formula is C22H18BrN3O4. The molecule has 1 unspecified atom stereocenters. The summed E-state index contributed by atoms with van der Waals surface area (Å²) in [7, 11) is 0. The van der Waals surface area contributed by atoms with Crippen LogP contribution in [0.2, 0.25) is 0 Å². The molecule has 0 aliphatic carbocycles. The van der Waals surface area contributed by atoms with Crippen LogP contribution in [0.3, 0.4) is 0 Å². The van der Waals surface area contributed by atoms with E-state index in [-0.39, 0.29) is 17.9 Å². The number of fused-ring (bicyclic) bond motifs is 1. The van der Waals surface area contributed by atoms with Crippen LogP contribution in [0.25, 0.3) is 0 Å². The summed E-state index contributed by atoms with van der Waals surface area (Å²) < 4.78 is 6.80. The molecule has 8 heteroatoms. The summed E-state index contributed by atoms with van der Waals surface area (Å²) in [5.74, 6) is -0.981. The highest BCUT2D eigenvalue weighted by atomic mass is 79.9. The van der Waals surface area contributed by atoms with Crippen molar-refractivity contribution in [2.24, 2.45) is 10.9 Å². The van der Waals surface area contributed by atoms with Gasteiger partial charge in [-0.05, 0) is 40.2 Å². The molecule has 30 heavy (non-hydrogen) atoms. The number of hydrogen-bond acceptors (Lipinski definition) is 7. The van der Waals surface area contributed by atoms with Crippen LogP contribution < -0.4 is 4.74 Å². The second-order valence-electron chi connectivity index (χ2n) is 7.04. The third-order valence-electron chi connectivity index (χ3n) is 5.02. The summed E-state index contributed by atoms with van der Waals surface area (Å²) in [5.41, 5.74) is 1.42. The molecule has 2 heterocycles. The summed E-state index contributed by atoms with van der Waals surface area (Å²) >= 11 is 3.47. The first-order valence-corrected chi connectivity index (χ1v) is 10.3. The second kappa shape index (κ2) is 8.78. The third-order valence-corrected chi connectivity index (χ3v) is 5.64. The summed E-state index contributed by atoms with van der Waals surface area (Å²) in [4.78, 5) is 34.3. The molecule has 2 aliphatic rings. The van der Waals surface area contributed by atoms with E-state index < -0.39 is 5.92 Å². The van der Waals surface area contributed by atoms with Crippen molar-refractivity contribution >= 4 is 39.6 Å². The van der Waals surface area contributed by atoms with Gasteiger partial charge in [0.2, 0.25) is 0 Å². The number of ketones is 1. The van der Waals surface area contributed by atoms with Gasteiger partial charge in [-0.2, -0.15) is 5.26 Å². The van der Waals surface area contributed by atoms with Crippen molar-refractivity contribution in [3.05, 3.63) is 58.1 Å². The first kappa shape index (κ1) is 20.3. The maximum Gasteiger partial charge on any atom is 0.357 e. The predicted octanol–water partition coefficient (Wildman–Crippen LogP) is 4.10. The Hall–Kier alpha value is -3.02. The first-order chi connectivity index (χ1) is 14.5. The fourth-order valence-electron chi connectivity index (χ4n) is 3.38. The number of nitriles is 1. The number of piperidine rings is 1. The zero-order chi connectivity index (χ0) is 21.1. The highest BCUT2D eigenvalue weighted by Crippen LogP contribution is 2.37. The SMILES string of the molecule is N#CC1C=Nc2cc(Br)c(OC3CCN(OC(=O)c4ccccc4)CC3)cc2C1=O. The second-order valence-corrected chi connectivity index (χ2v) is 7.89. The molecule has 152 valence electrons. The lowest BCUT2D eigenvalue weighted by molar-refractivity contribution is -0.131. The number of nitrogens with zero attached hydrogens (tertiary/aromatic N) is 3. The van der Waals surface area contributed by atoms with Gasteiger partial charge in [-0.25, -0.2) is 4.79 Å². The molecule has 1 saturated heterocycles. The van der Waals surface area contributed by atoms with Gasteiger partial charge in [0, 0.05) is 37.7 Å². The molecule has 0 spiro atoms. The number of carbonyl (C=O) groups is 2. The minimum absolute atomic E-state index is 0.0833. The molecule has 2 aromatic carbocycles. The first-order valence-electron chi connectivity index (χ1n) is 9.55. The van der Waals surface area contributed by atoms with Gasteiger partial charge < -0.3 is 9.57 Å². The van der Waals surface area contributed by atoms with Crippen molar-refractivity contribution in [1.29, 1.82) is 5.26 Å². The quantitative estimate of drug-likeness (QED) is 0.671. The van der Waals surface area contributed by atoms with E-state index in [1.165, 1.54) is 6.21 Å². The standard InChI is InChI=1S/C22H18BrN3O4/c23-18-11-19-17(21(27)15(12-24)13-25-19)10-20(18)29-16-6-8-26(9-7-16)30-22(28)14-4-2-1-3-5-14/h1-5,10-11,13,15-16H,6-9H2. The molecule has 0 amide bonds. The van der Waals surface area contributed by atoms with Crippen molar-refractivity contribution in [3.8, 4) is 11.8 Å². The Balaban J connectivity index is 1.37. The fourth-order valence-corrected chi connectivity index (χ4v) is 3.81. The van der Waals surface area contributed by atoms with Crippen LogP contribution in [-0.2, 0) is 4.84 Å². The molecule has 0 bridgehead atoms.